The highest BCUT2D eigenvalue weighted by Gasteiger charge is 2.15. The predicted octanol–water partition coefficient (Wildman–Crippen LogP) is 2.44. The molecule has 0 saturated carbocycles. The molecular weight excluding hydrogens is 282 g/mol. The number of urea groups is 1. The Bertz CT molecular complexity index is 577. The third-order valence-corrected chi connectivity index (χ3v) is 2.30. The van der Waals surface area contributed by atoms with E-state index in [1.807, 2.05) is 20.8 Å². The SMILES string of the molecule is CC(C)(C)OC(=O)NCCC#Cc1ccc(NC(N)=O)cc1. The smallest absolute Gasteiger partial charge is 0.407 e. The Hall–Kier alpha value is -2.68. The summed E-state index contributed by atoms with van der Waals surface area (Å²) >= 11 is 0. The molecule has 0 radical (unpaired) electrons. The van der Waals surface area contributed by atoms with Crippen LogP contribution < -0.4 is 16.4 Å². The van der Waals surface area contributed by atoms with Crippen molar-refractivity contribution in [2.75, 3.05) is 11.9 Å². The Morgan fingerprint density at radius 1 is 1.23 bits per heavy atom. The molecule has 0 fully saturated rings. The highest BCUT2D eigenvalue weighted by Crippen LogP contribution is 2.08. The lowest BCUT2D eigenvalue weighted by Crippen LogP contribution is -2.32. The summed E-state index contributed by atoms with van der Waals surface area (Å²) < 4.78 is 5.10. The van der Waals surface area contributed by atoms with E-state index in [1.54, 1.807) is 24.3 Å². The number of carbonyl (C=O) groups is 2. The van der Waals surface area contributed by atoms with Gasteiger partial charge in [0.1, 0.15) is 5.60 Å². The summed E-state index contributed by atoms with van der Waals surface area (Å²) in [5, 5.41) is 5.10. The first-order chi connectivity index (χ1) is 10.3. The maximum atomic E-state index is 11.4. The van der Waals surface area contributed by atoms with Crippen molar-refractivity contribution in [3.63, 3.8) is 0 Å². The third kappa shape index (κ3) is 7.80. The van der Waals surface area contributed by atoms with E-state index in [2.05, 4.69) is 22.5 Å². The minimum Gasteiger partial charge on any atom is -0.444 e. The molecule has 0 heterocycles. The molecule has 0 bridgehead atoms. The average Bonchev–Trinajstić information content (AvgIpc) is 2.37. The van der Waals surface area contributed by atoms with Crippen LogP contribution >= 0.6 is 0 Å². The second kappa shape index (κ2) is 7.93. The van der Waals surface area contributed by atoms with Gasteiger partial charge in [-0.25, -0.2) is 9.59 Å². The Kier molecular flexibility index (Phi) is 6.26. The van der Waals surface area contributed by atoms with Gasteiger partial charge in [0.05, 0.1) is 0 Å². The topological polar surface area (TPSA) is 93.4 Å². The van der Waals surface area contributed by atoms with Crippen LogP contribution in [0, 0.1) is 11.8 Å². The van der Waals surface area contributed by atoms with Crippen LogP contribution in [-0.4, -0.2) is 24.3 Å². The lowest BCUT2D eigenvalue weighted by molar-refractivity contribution is 0.0529. The van der Waals surface area contributed by atoms with Gasteiger partial charge < -0.3 is 21.1 Å². The molecule has 0 aliphatic heterocycles. The van der Waals surface area contributed by atoms with Crippen molar-refractivity contribution >= 4 is 17.8 Å². The Morgan fingerprint density at radius 3 is 2.41 bits per heavy atom. The molecular formula is C16H21N3O3. The molecule has 0 aliphatic rings. The van der Waals surface area contributed by atoms with Crippen LogP contribution in [-0.2, 0) is 4.74 Å². The summed E-state index contributed by atoms with van der Waals surface area (Å²) in [4.78, 5) is 22.1. The predicted molar refractivity (Wildman–Crippen MR) is 85.4 cm³/mol. The lowest BCUT2D eigenvalue weighted by atomic mass is 10.2. The minimum atomic E-state index is -0.605. The fourth-order valence-electron chi connectivity index (χ4n) is 1.48. The van der Waals surface area contributed by atoms with Crippen LogP contribution in [0.2, 0.25) is 0 Å². The molecule has 3 amide bonds. The molecule has 0 saturated heterocycles. The van der Waals surface area contributed by atoms with Gasteiger partial charge in [-0.15, -0.1) is 0 Å². The minimum absolute atomic E-state index is 0.420. The van der Waals surface area contributed by atoms with Crippen LogP contribution in [0.15, 0.2) is 24.3 Å². The summed E-state index contributed by atoms with van der Waals surface area (Å²) in [6.45, 7) is 5.85. The largest absolute Gasteiger partial charge is 0.444 e. The van der Waals surface area contributed by atoms with E-state index in [4.69, 9.17) is 10.5 Å². The molecule has 1 aromatic carbocycles. The first kappa shape index (κ1) is 17.4. The number of nitrogens with one attached hydrogen (secondary N) is 2. The zero-order valence-electron chi connectivity index (χ0n) is 13.0. The molecule has 1 rings (SSSR count). The van der Waals surface area contributed by atoms with E-state index in [0.29, 0.717) is 18.7 Å². The van der Waals surface area contributed by atoms with Crippen LogP contribution in [0.3, 0.4) is 0 Å². The molecule has 6 nitrogen and oxygen atoms in total. The standard InChI is InChI=1S/C16H21N3O3/c1-16(2,3)22-15(21)18-11-5-4-6-12-7-9-13(10-8-12)19-14(17)20/h7-10H,5,11H2,1-3H3,(H,18,21)(H3,17,19,20). The number of hydrogen-bond donors (Lipinski definition) is 3. The van der Waals surface area contributed by atoms with Gasteiger partial charge in [0.15, 0.2) is 0 Å². The zero-order chi connectivity index (χ0) is 16.6. The van der Waals surface area contributed by atoms with E-state index in [1.165, 1.54) is 0 Å². The fraction of sp³-hybridized carbons (Fsp3) is 0.375. The molecule has 0 spiro atoms. The van der Waals surface area contributed by atoms with Crippen molar-refractivity contribution in [3.8, 4) is 11.8 Å². The number of ether oxygens (including phenoxy) is 1. The van der Waals surface area contributed by atoms with Gasteiger partial charge in [-0.2, -0.15) is 0 Å². The van der Waals surface area contributed by atoms with Crippen molar-refractivity contribution in [2.45, 2.75) is 32.8 Å². The summed E-state index contributed by atoms with van der Waals surface area (Å²) in [6.07, 6.45) is 0.0664. The number of nitrogens with two attached hydrogens (primary N) is 1. The maximum absolute atomic E-state index is 11.4. The molecule has 0 aliphatic carbocycles. The second-order valence-corrected chi connectivity index (χ2v) is 5.55. The van der Waals surface area contributed by atoms with Crippen molar-refractivity contribution in [3.05, 3.63) is 29.8 Å². The molecule has 0 atom stereocenters. The number of carbonyl (C=O) groups excluding carboxylic acids is 2. The first-order valence-electron chi connectivity index (χ1n) is 6.88. The molecule has 22 heavy (non-hydrogen) atoms. The highest BCUT2D eigenvalue weighted by molar-refractivity contribution is 5.87. The van der Waals surface area contributed by atoms with E-state index in [-0.39, 0.29) is 0 Å². The second-order valence-electron chi connectivity index (χ2n) is 5.55. The lowest BCUT2D eigenvalue weighted by Gasteiger charge is -2.19. The average molecular weight is 303 g/mol. The van der Waals surface area contributed by atoms with Gasteiger partial charge in [0.2, 0.25) is 0 Å². The number of alkyl carbamates (subject to hydrolysis) is 1. The number of primary amides is 1. The van der Waals surface area contributed by atoms with Gasteiger partial charge in [-0.1, -0.05) is 11.8 Å². The molecule has 0 unspecified atom stereocenters. The molecule has 6 heteroatoms. The molecule has 0 aromatic heterocycles. The van der Waals surface area contributed by atoms with Crippen LogP contribution in [0.25, 0.3) is 0 Å². The van der Waals surface area contributed by atoms with Gasteiger partial charge in [0, 0.05) is 24.2 Å². The number of rotatable bonds is 3. The zero-order valence-corrected chi connectivity index (χ0v) is 13.0. The quantitative estimate of drug-likeness (QED) is 0.591. The summed E-state index contributed by atoms with van der Waals surface area (Å²) in [7, 11) is 0. The number of hydrogen-bond acceptors (Lipinski definition) is 3. The number of amides is 3. The van der Waals surface area contributed by atoms with Crippen LogP contribution in [0.5, 0.6) is 0 Å². The Morgan fingerprint density at radius 2 is 1.86 bits per heavy atom. The monoisotopic (exact) mass is 303 g/mol. The maximum Gasteiger partial charge on any atom is 0.407 e. The van der Waals surface area contributed by atoms with E-state index >= 15 is 0 Å². The third-order valence-electron chi connectivity index (χ3n) is 2.30. The fourth-order valence-corrected chi connectivity index (χ4v) is 1.48. The van der Waals surface area contributed by atoms with Crippen LogP contribution in [0.1, 0.15) is 32.8 Å². The van der Waals surface area contributed by atoms with Crippen molar-refractivity contribution in [1.82, 2.24) is 5.32 Å². The molecule has 1 aromatic rings. The number of benzene rings is 1. The van der Waals surface area contributed by atoms with Gasteiger partial charge >= 0.3 is 12.1 Å². The van der Waals surface area contributed by atoms with Crippen molar-refractivity contribution in [2.24, 2.45) is 5.73 Å². The summed E-state index contributed by atoms with van der Waals surface area (Å²) in [5.74, 6) is 5.91. The van der Waals surface area contributed by atoms with Crippen molar-refractivity contribution in [1.29, 1.82) is 0 Å². The van der Waals surface area contributed by atoms with Gasteiger partial charge in [-0.05, 0) is 45.0 Å². The normalized spacial score (nSPS) is 10.1. The molecule has 118 valence electrons. The Labute approximate surface area is 130 Å². The summed E-state index contributed by atoms with van der Waals surface area (Å²) in [5.41, 5.74) is 5.94. The Balaban J connectivity index is 2.35. The number of anilines is 1. The summed E-state index contributed by atoms with van der Waals surface area (Å²) in [6, 6.07) is 6.38. The van der Waals surface area contributed by atoms with Crippen LogP contribution in [0.4, 0.5) is 15.3 Å². The van der Waals surface area contributed by atoms with E-state index in [9.17, 15) is 9.59 Å². The molecule has 4 N–H and O–H groups in total. The van der Waals surface area contributed by atoms with Crippen molar-refractivity contribution < 1.29 is 14.3 Å². The van der Waals surface area contributed by atoms with Gasteiger partial charge in [-0.3, -0.25) is 0 Å². The van der Waals surface area contributed by atoms with Gasteiger partial charge in [0.25, 0.3) is 0 Å². The van der Waals surface area contributed by atoms with E-state index in [0.717, 1.165) is 5.56 Å². The first-order valence-corrected chi connectivity index (χ1v) is 6.88. The van der Waals surface area contributed by atoms with E-state index < -0.39 is 17.7 Å². The highest BCUT2D eigenvalue weighted by atomic mass is 16.6.